The summed E-state index contributed by atoms with van der Waals surface area (Å²) >= 11 is 5.78. The first-order valence-electron chi connectivity index (χ1n) is 6.76. The van der Waals surface area contributed by atoms with Gasteiger partial charge in [0.05, 0.1) is 4.90 Å². The third kappa shape index (κ3) is 3.34. The molecule has 0 saturated carbocycles. The van der Waals surface area contributed by atoms with Crippen molar-refractivity contribution >= 4 is 21.6 Å². The van der Waals surface area contributed by atoms with Crippen molar-refractivity contribution in [2.24, 2.45) is 0 Å². The van der Waals surface area contributed by atoms with Gasteiger partial charge in [0.15, 0.2) is 0 Å². The van der Waals surface area contributed by atoms with Gasteiger partial charge in [-0.1, -0.05) is 12.1 Å². The maximum absolute atomic E-state index is 12.7. The second kappa shape index (κ2) is 6.43. The highest BCUT2D eigenvalue weighted by atomic mass is 35.5. The molecule has 1 atom stereocenters. The minimum atomic E-state index is -3.45. The second-order valence-corrected chi connectivity index (χ2v) is 7.63. The van der Waals surface area contributed by atoms with Crippen LogP contribution < -0.4 is 0 Å². The molecular weight excluding hydrogens is 296 g/mol. The van der Waals surface area contributed by atoms with Gasteiger partial charge in [0, 0.05) is 25.5 Å². The number of halogens is 1. The van der Waals surface area contributed by atoms with Crippen LogP contribution >= 0.6 is 11.6 Å². The largest absolute Gasteiger partial charge is 0.305 e. The highest BCUT2D eigenvalue weighted by Crippen LogP contribution is 2.22. The van der Waals surface area contributed by atoms with Crippen molar-refractivity contribution in [1.29, 1.82) is 0 Å². The summed E-state index contributed by atoms with van der Waals surface area (Å²) in [6.45, 7) is 1.82. The van der Waals surface area contributed by atoms with Crippen molar-refractivity contribution in [2.45, 2.75) is 29.7 Å². The summed E-state index contributed by atoms with van der Waals surface area (Å²) in [4.78, 5) is 2.50. The van der Waals surface area contributed by atoms with Crippen LogP contribution in [0, 0.1) is 0 Å². The number of sulfonamides is 1. The maximum Gasteiger partial charge on any atom is 0.243 e. The van der Waals surface area contributed by atoms with E-state index in [0.29, 0.717) is 10.8 Å². The molecule has 6 heteroatoms. The third-order valence-electron chi connectivity index (χ3n) is 3.84. The van der Waals surface area contributed by atoms with Crippen LogP contribution in [0.1, 0.15) is 18.4 Å². The van der Waals surface area contributed by atoms with Crippen LogP contribution in [0.3, 0.4) is 0 Å². The first-order valence-corrected chi connectivity index (χ1v) is 8.74. The molecule has 0 bridgehead atoms. The highest BCUT2D eigenvalue weighted by molar-refractivity contribution is 7.89. The van der Waals surface area contributed by atoms with Gasteiger partial charge in [-0.2, -0.15) is 4.31 Å². The van der Waals surface area contributed by atoms with Gasteiger partial charge in [0.25, 0.3) is 0 Å². The number of likely N-dealkylation sites (tertiary alicyclic amines) is 1. The van der Waals surface area contributed by atoms with Gasteiger partial charge in [0.1, 0.15) is 0 Å². The minimum Gasteiger partial charge on any atom is -0.305 e. The molecule has 0 spiro atoms. The number of hydrogen-bond acceptors (Lipinski definition) is 3. The zero-order valence-corrected chi connectivity index (χ0v) is 13.5. The summed E-state index contributed by atoms with van der Waals surface area (Å²) in [6.07, 6.45) is 1.94. The van der Waals surface area contributed by atoms with Crippen LogP contribution in [-0.4, -0.2) is 50.8 Å². The molecule has 1 saturated heterocycles. The number of piperidine rings is 1. The van der Waals surface area contributed by atoms with Crippen LogP contribution in [0.2, 0.25) is 0 Å². The van der Waals surface area contributed by atoms with Crippen molar-refractivity contribution in [2.75, 3.05) is 27.2 Å². The summed E-state index contributed by atoms with van der Waals surface area (Å²) in [6, 6.07) is 6.91. The van der Waals surface area contributed by atoms with Gasteiger partial charge in [-0.05, 0) is 44.1 Å². The Balaban J connectivity index is 2.24. The molecule has 0 amide bonds. The number of benzene rings is 1. The van der Waals surface area contributed by atoms with Crippen LogP contribution in [-0.2, 0) is 15.9 Å². The van der Waals surface area contributed by atoms with Crippen LogP contribution in [0.15, 0.2) is 29.2 Å². The molecule has 1 aromatic carbocycles. The first kappa shape index (κ1) is 15.8. The number of likely N-dealkylation sites (N-methyl/N-ethyl adjacent to an activating group) is 2. The van der Waals surface area contributed by atoms with Gasteiger partial charge in [-0.15, -0.1) is 11.6 Å². The zero-order valence-electron chi connectivity index (χ0n) is 11.9. The molecule has 1 fully saturated rings. The van der Waals surface area contributed by atoms with Gasteiger partial charge in [-0.3, -0.25) is 0 Å². The van der Waals surface area contributed by atoms with Crippen molar-refractivity contribution in [3.05, 3.63) is 29.8 Å². The fraction of sp³-hybridized carbons (Fsp3) is 0.571. The fourth-order valence-corrected chi connectivity index (χ4v) is 4.20. The predicted octanol–water partition coefficient (Wildman–Crippen LogP) is 2.14. The van der Waals surface area contributed by atoms with Gasteiger partial charge in [0.2, 0.25) is 10.0 Å². The van der Waals surface area contributed by atoms with Gasteiger partial charge < -0.3 is 4.90 Å². The summed E-state index contributed by atoms with van der Waals surface area (Å²) in [5.74, 6) is 0.319. The van der Waals surface area contributed by atoms with E-state index in [4.69, 9.17) is 11.6 Å². The Kier molecular flexibility index (Phi) is 5.07. The lowest BCUT2D eigenvalue weighted by Gasteiger charge is -2.35. The Morgan fingerprint density at radius 3 is 2.85 bits per heavy atom. The molecule has 112 valence electrons. The Morgan fingerprint density at radius 1 is 1.45 bits per heavy atom. The molecule has 2 rings (SSSR count). The van der Waals surface area contributed by atoms with E-state index in [1.807, 2.05) is 13.1 Å². The van der Waals surface area contributed by atoms with Crippen molar-refractivity contribution in [3.8, 4) is 0 Å². The monoisotopic (exact) mass is 316 g/mol. The molecule has 1 aliphatic heterocycles. The lowest BCUT2D eigenvalue weighted by atomic mass is 10.1. The SMILES string of the molecule is CN1CCCC(N(C)S(=O)(=O)c2cccc(CCl)c2)C1. The lowest BCUT2D eigenvalue weighted by Crippen LogP contribution is -2.47. The molecule has 1 unspecified atom stereocenters. The summed E-state index contributed by atoms with van der Waals surface area (Å²) in [5, 5.41) is 0. The molecular formula is C14H21ClN2O2S. The van der Waals surface area contributed by atoms with E-state index in [1.54, 1.807) is 25.2 Å². The maximum atomic E-state index is 12.7. The number of rotatable bonds is 4. The number of alkyl halides is 1. The topological polar surface area (TPSA) is 40.6 Å². The molecule has 0 aromatic heterocycles. The highest BCUT2D eigenvalue weighted by Gasteiger charge is 2.30. The van der Waals surface area contributed by atoms with E-state index < -0.39 is 10.0 Å². The molecule has 1 heterocycles. The van der Waals surface area contributed by atoms with Gasteiger partial charge >= 0.3 is 0 Å². The Hall–Kier alpha value is -0.620. The summed E-state index contributed by atoms with van der Waals surface area (Å²) in [7, 11) is 0.255. The van der Waals surface area contributed by atoms with E-state index in [-0.39, 0.29) is 6.04 Å². The van der Waals surface area contributed by atoms with Crippen LogP contribution in [0.5, 0.6) is 0 Å². The quantitative estimate of drug-likeness (QED) is 0.799. The van der Waals surface area contributed by atoms with E-state index in [2.05, 4.69) is 4.90 Å². The normalized spacial score (nSPS) is 21.3. The van der Waals surface area contributed by atoms with Crippen LogP contribution in [0.4, 0.5) is 0 Å². The molecule has 4 nitrogen and oxygen atoms in total. The smallest absolute Gasteiger partial charge is 0.243 e. The standard InChI is InChI=1S/C14H21ClN2O2S/c1-16-8-4-6-13(11-16)17(2)20(18,19)14-7-3-5-12(9-14)10-15/h3,5,7,9,13H,4,6,8,10-11H2,1-2H3. The Labute approximate surface area is 126 Å². The third-order valence-corrected chi connectivity index (χ3v) is 6.06. The second-order valence-electron chi connectivity index (χ2n) is 5.36. The minimum absolute atomic E-state index is 0.0402. The molecule has 0 N–H and O–H groups in total. The molecule has 0 radical (unpaired) electrons. The molecule has 0 aliphatic carbocycles. The lowest BCUT2D eigenvalue weighted by molar-refractivity contribution is 0.187. The van der Waals surface area contributed by atoms with Crippen molar-refractivity contribution in [1.82, 2.24) is 9.21 Å². The average Bonchev–Trinajstić information content (AvgIpc) is 2.46. The Bertz CT molecular complexity index is 562. The number of nitrogens with zero attached hydrogens (tertiary/aromatic N) is 2. The van der Waals surface area contributed by atoms with E-state index in [1.165, 1.54) is 4.31 Å². The molecule has 1 aliphatic rings. The van der Waals surface area contributed by atoms with Gasteiger partial charge in [-0.25, -0.2) is 8.42 Å². The average molecular weight is 317 g/mol. The first-order chi connectivity index (χ1) is 9.45. The van der Waals surface area contributed by atoms with E-state index in [0.717, 1.165) is 31.5 Å². The predicted molar refractivity (Wildman–Crippen MR) is 81.5 cm³/mol. The molecule has 1 aromatic rings. The summed E-state index contributed by atoms with van der Waals surface area (Å²) in [5.41, 5.74) is 0.821. The zero-order chi connectivity index (χ0) is 14.8. The number of hydrogen-bond donors (Lipinski definition) is 0. The molecule has 20 heavy (non-hydrogen) atoms. The Morgan fingerprint density at radius 2 is 2.20 bits per heavy atom. The van der Waals surface area contributed by atoms with E-state index >= 15 is 0 Å². The van der Waals surface area contributed by atoms with E-state index in [9.17, 15) is 8.42 Å². The fourth-order valence-electron chi connectivity index (χ4n) is 2.59. The van der Waals surface area contributed by atoms with Crippen LogP contribution in [0.25, 0.3) is 0 Å². The van der Waals surface area contributed by atoms with Crippen molar-refractivity contribution in [3.63, 3.8) is 0 Å². The summed E-state index contributed by atoms with van der Waals surface area (Å²) < 4.78 is 26.9. The van der Waals surface area contributed by atoms with Crippen molar-refractivity contribution < 1.29 is 8.42 Å².